The SMILES string of the molecule is O=C(O)C1CCc2c(Cl)nc(-c3ccccc3)n2C1. The molecule has 0 radical (unpaired) electrons. The Labute approximate surface area is 115 Å². The van der Waals surface area contributed by atoms with Crippen molar-refractivity contribution in [3.63, 3.8) is 0 Å². The normalized spacial score (nSPS) is 18.1. The molecule has 2 aromatic rings. The zero-order chi connectivity index (χ0) is 13.4. The van der Waals surface area contributed by atoms with Gasteiger partial charge >= 0.3 is 5.97 Å². The Morgan fingerprint density at radius 2 is 2.11 bits per heavy atom. The zero-order valence-electron chi connectivity index (χ0n) is 10.2. The Morgan fingerprint density at radius 1 is 1.37 bits per heavy atom. The second-order valence-corrected chi connectivity index (χ2v) is 5.08. The lowest BCUT2D eigenvalue weighted by molar-refractivity contribution is -0.142. The van der Waals surface area contributed by atoms with Crippen LogP contribution in [0.4, 0.5) is 0 Å². The number of imidazole rings is 1. The van der Waals surface area contributed by atoms with Crippen molar-refractivity contribution in [1.82, 2.24) is 9.55 Å². The lowest BCUT2D eigenvalue weighted by atomic mass is 9.98. The van der Waals surface area contributed by atoms with Gasteiger partial charge in [-0.3, -0.25) is 4.79 Å². The summed E-state index contributed by atoms with van der Waals surface area (Å²) in [6.07, 6.45) is 1.28. The molecule has 19 heavy (non-hydrogen) atoms. The van der Waals surface area contributed by atoms with E-state index in [1.54, 1.807) is 0 Å². The van der Waals surface area contributed by atoms with E-state index in [0.717, 1.165) is 17.1 Å². The number of hydrogen-bond donors (Lipinski definition) is 1. The van der Waals surface area contributed by atoms with Gasteiger partial charge in [0.1, 0.15) is 5.82 Å². The zero-order valence-corrected chi connectivity index (χ0v) is 11.0. The number of rotatable bonds is 2. The predicted molar refractivity (Wildman–Crippen MR) is 72.1 cm³/mol. The second kappa shape index (κ2) is 4.70. The molecule has 0 bridgehead atoms. The van der Waals surface area contributed by atoms with Crippen molar-refractivity contribution in [3.05, 3.63) is 41.2 Å². The van der Waals surface area contributed by atoms with E-state index >= 15 is 0 Å². The summed E-state index contributed by atoms with van der Waals surface area (Å²) in [7, 11) is 0. The number of carboxylic acids is 1. The van der Waals surface area contributed by atoms with Gasteiger partial charge in [0.05, 0.1) is 11.6 Å². The summed E-state index contributed by atoms with van der Waals surface area (Å²) >= 11 is 6.16. The summed E-state index contributed by atoms with van der Waals surface area (Å²) in [6, 6.07) is 9.71. The molecule has 0 saturated heterocycles. The van der Waals surface area contributed by atoms with Gasteiger partial charge in [0, 0.05) is 12.1 Å². The first-order chi connectivity index (χ1) is 9.16. The summed E-state index contributed by atoms with van der Waals surface area (Å²) in [6.45, 7) is 0.439. The van der Waals surface area contributed by atoms with E-state index < -0.39 is 5.97 Å². The summed E-state index contributed by atoms with van der Waals surface area (Å²) in [5, 5.41) is 9.65. The van der Waals surface area contributed by atoms with Crippen molar-refractivity contribution in [3.8, 4) is 11.4 Å². The van der Waals surface area contributed by atoms with Gasteiger partial charge in [-0.15, -0.1) is 0 Å². The van der Waals surface area contributed by atoms with Gasteiger partial charge in [-0.05, 0) is 12.8 Å². The number of carbonyl (C=O) groups is 1. The highest BCUT2D eigenvalue weighted by Gasteiger charge is 2.28. The molecule has 0 saturated carbocycles. The number of aliphatic carboxylic acids is 1. The van der Waals surface area contributed by atoms with Crippen LogP contribution in [0.5, 0.6) is 0 Å². The van der Waals surface area contributed by atoms with Gasteiger partial charge in [-0.25, -0.2) is 4.98 Å². The Kier molecular flexibility index (Phi) is 3.03. The molecule has 0 amide bonds. The summed E-state index contributed by atoms with van der Waals surface area (Å²) in [4.78, 5) is 15.5. The summed E-state index contributed by atoms with van der Waals surface area (Å²) in [5.41, 5.74) is 1.90. The van der Waals surface area contributed by atoms with Crippen LogP contribution in [-0.4, -0.2) is 20.6 Å². The molecule has 1 aliphatic rings. The standard InChI is InChI=1S/C14H13ClN2O2/c15-12-11-7-6-10(14(18)19)8-17(11)13(16-12)9-4-2-1-3-5-9/h1-5,10H,6-8H2,(H,18,19). The molecule has 3 rings (SSSR count). The molecule has 0 spiro atoms. The molecular formula is C14H13ClN2O2. The average molecular weight is 277 g/mol. The summed E-state index contributed by atoms with van der Waals surface area (Å²) < 4.78 is 1.94. The van der Waals surface area contributed by atoms with Crippen LogP contribution in [-0.2, 0) is 17.8 Å². The largest absolute Gasteiger partial charge is 0.481 e. The lowest BCUT2D eigenvalue weighted by Crippen LogP contribution is -2.26. The third kappa shape index (κ3) is 2.12. The molecule has 4 nitrogen and oxygen atoms in total. The minimum absolute atomic E-state index is 0.361. The Morgan fingerprint density at radius 3 is 2.79 bits per heavy atom. The number of halogens is 1. The van der Waals surface area contributed by atoms with Crippen LogP contribution in [0.1, 0.15) is 12.1 Å². The second-order valence-electron chi connectivity index (χ2n) is 4.72. The van der Waals surface area contributed by atoms with Crippen molar-refractivity contribution in [2.45, 2.75) is 19.4 Å². The van der Waals surface area contributed by atoms with Gasteiger partial charge < -0.3 is 9.67 Å². The molecule has 1 unspecified atom stereocenters. The predicted octanol–water partition coefficient (Wildman–Crippen LogP) is 2.85. The van der Waals surface area contributed by atoms with Gasteiger partial charge in [-0.1, -0.05) is 41.9 Å². The van der Waals surface area contributed by atoms with E-state index in [-0.39, 0.29) is 5.92 Å². The van der Waals surface area contributed by atoms with E-state index in [0.29, 0.717) is 24.5 Å². The first-order valence-corrected chi connectivity index (χ1v) is 6.57. The first-order valence-electron chi connectivity index (χ1n) is 6.20. The number of benzene rings is 1. The van der Waals surface area contributed by atoms with Crippen LogP contribution in [0.2, 0.25) is 5.15 Å². The van der Waals surface area contributed by atoms with Crippen LogP contribution < -0.4 is 0 Å². The van der Waals surface area contributed by atoms with Gasteiger partial charge in [0.25, 0.3) is 0 Å². The molecule has 1 aromatic heterocycles. The fourth-order valence-electron chi connectivity index (χ4n) is 2.52. The Balaban J connectivity index is 2.07. The van der Waals surface area contributed by atoms with Crippen LogP contribution in [0.3, 0.4) is 0 Å². The average Bonchev–Trinajstić information content (AvgIpc) is 2.77. The minimum atomic E-state index is -0.755. The topological polar surface area (TPSA) is 55.1 Å². The highest BCUT2D eigenvalue weighted by atomic mass is 35.5. The van der Waals surface area contributed by atoms with Crippen LogP contribution in [0, 0.1) is 5.92 Å². The highest BCUT2D eigenvalue weighted by Crippen LogP contribution is 2.31. The van der Waals surface area contributed by atoms with E-state index in [9.17, 15) is 4.79 Å². The maximum Gasteiger partial charge on any atom is 0.308 e. The molecule has 2 heterocycles. The molecule has 1 N–H and O–H groups in total. The number of carboxylic acid groups (broad SMARTS) is 1. The first kappa shape index (κ1) is 12.2. The maximum absolute atomic E-state index is 11.2. The van der Waals surface area contributed by atoms with Gasteiger partial charge in [0.15, 0.2) is 5.15 Å². The Hall–Kier alpha value is -1.81. The monoisotopic (exact) mass is 276 g/mol. The number of hydrogen-bond acceptors (Lipinski definition) is 2. The van der Waals surface area contributed by atoms with Crippen molar-refractivity contribution in [2.75, 3.05) is 0 Å². The molecule has 0 fully saturated rings. The minimum Gasteiger partial charge on any atom is -0.481 e. The van der Waals surface area contributed by atoms with Crippen molar-refractivity contribution in [1.29, 1.82) is 0 Å². The molecule has 98 valence electrons. The van der Waals surface area contributed by atoms with Gasteiger partial charge in [0.2, 0.25) is 0 Å². The van der Waals surface area contributed by atoms with E-state index in [1.807, 2.05) is 34.9 Å². The lowest BCUT2D eigenvalue weighted by Gasteiger charge is -2.22. The van der Waals surface area contributed by atoms with Crippen LogP contribution in [0.15, 0.2) is 30.3 Å². The third-order valence-corrected chi connectivity index (χ3v) is 3.84. The molecule has 1 aliphatic heterocycles. The van der Waals surface area contributed by atoms with Crippen molar-refractivity contribution < 1.29 is 9.90 Å². The van der Waals surface area contributed by atoms with Gasteiger partial charge in [-0.2, -0.15) is 0 Å². The smallest absolute Gasteiger partial charge is 0.308 e. The van der Waals surface area contributed by atoms with Crippen LogP contribution >= 0.6 is 11.6 Å². The Bertz CT molecular complexity index is 622. The van der Waals surface area contributed by atoms with Crippen LogP contribution in [0.25, 0.3) is 11.4 Å². The third-order valence-electron chi connectivity index (χ3n) is 3.54. The van der Waals surface area contributed by atoms with Crippen molar-refractivity contribution >= 4 is 17.6 Å². The van der Waals surface area contributed by atoms with E-state index in [1.165, 1.54) is 0 Å². The molecule has 0 aliphatic carbocycles. The highest BCUT2D eigenvalue weighted by molar-refractivity contribution is 6.30. The molecule has 1 atom stereocenters. The quantitative estimate of drug-likeness (QED) is 0.918. The number of nitrogens with zero attached hydrogens (tertiary/aromatic N) is 2. The molecule has 1 aromatic carbocycles. The fourth-order valence-corrected chi connectivity index (χ4v) is 2.80. The number of aromatic nitrogens is 2. The summed E-state index contributed by atoms with van der Waals surface area (Å²) in [5.74, 6) is -0.360. The van der Waals surface area contributed by atoms with E-state index in [2.05, 4.69) is 4.98 Å². The fraction of sp³-hybridized carbons (Fsp3) is 0.286. The van der Waals surface area contributed by atoms with E-state index in [4.69, 9.17) is 16.7 Å². The maximum atomic E-state index is 11.2. The van der Waals surface area contributed by atoms with Crippen molar-refractivity contribution in [2.24, 2.45) is 5.92 Å². The number of fused-ring (bicyclic) bond motifs is 1. The molecular weight excluding hydrogens is 264 g/mol. The molecule has 5 heteroatoms.